The summed E-state index contributed by atoms with van der Waals surface area (Å²) < 4.78 is 21.1. The summed E-state index contributed by atoms with van der Waals surface area (Å²) in [4.78, 5) is 16.9. The van der Waals surface area contributed by atoms with E-state index in [0.29, 0.717) is 28.4 Å². The molecule has 0 amide bonds. The van der Waals surface area contributed by atoms with Crippen molar-refractivity contribution >= 4 is 22.5 Å². The van der Waals surface area contributed by atoms with Crippen molar-refractivity contribution in [2.24, 2.45) is 0 Å². The predicted molar refractivity (Wildman–Crippen MR) is 88.6 cm³/mol. The molecule has 1 aromatic carbocycles. The molecule has 0 bridgehead atoms. The molecule has 0 radical (unpaired) electrons. The van der Waals surface area contributed by atoms with E-state index < -0.39 is 5.82 Å². The predicted octanol–water partition coefficient (Wildman–Crippen LogP) is 3.88. The highest BCUT2D eigenvalue weighted by atomic mass is 35.5. The summed E-state index contributed by atoms with van der Waals surface area (Å²) in [5, 5.41) is 1.01. The summed E-state index contributed by atoms with van der Waals surface area (Å²) >= 11 is 5.92. The van der Waals surface area contributed by atoms with E-state index in [1.807, 2.05) is 6.92 Å². The normalized spacial score (nSPS) is 11.0. The van der Waals surface area contributed by atoms with Crippen molar-refractivity contribution in [1.82, 2.24) is 9.55 Å². The first-order valence-electron chi connectivity index (χ1n) is 7.08. The van der Waals surface area contributed by atoms with E-state index in [4.69, 9.17) is 16.3 Å². The SMILES string of the molecule is CCn1c(=O)c(-c2c(F)cccc2OC)cc2cnc(Cl)cc21. The van der Waals surface area contributed by atoms with Gasteiger partial charge in [-0.2, -0.15) is 0 Å². The fourth-order valence-corrected chi connectivity index (χ4v) is 2.83. The van der Waals surface area contributed by atoms with Crippen molar-refractivity contribution in [2.75, 3.05) is 7.11 Å². The van der Waals surface area contributed by atoms with Gasteiger partial charge in [-0.1, -0.05) is 17.7 Å². The highest BCUT2D eigenvalue weighted by molar-refractivity contribution is 6.30. The van der Waals surface area contributed by atoms with Gasteiger partial charge in [0, 0.05) is 18.1 Å². The number of methoxy groups -OCH3 is 1. The standard InChI is InChI=1S/C17H14ClFN2O2/c1-3-21-13-8-15(18)20-9-10(13)7-11(17(21)22)16-12(19)5-4-6-14(16)23-2/h4-9H,3H2,1-2H3. The molecule has 3 aromatic rings. The van der Waals surface area contributed by atoms with Crippen molar-refractivity contribution in [2.45, 2.75) is 13.5 Å². The Morgan fingerprint density at radius 1 is 1.35 bits per heavy atom. The summed E-state index contributed by atoms with van der Waals surface area (Å²) in [7, 11) is 1.44. The fourth-order valence-electron chi connectivity index (χ4n) is 2.68. The molecular weight excluding hydrogens is 319 g/mol. The van der Waals surface area contributed by atoms with Crippen LogP contribution in [-0.2, 0) is 6.54 Å². The Kier molecular flexibility index (Phi) is 4.05. The van der Waals surface area contributed by atoms with Crippen LogP contribution >= 0.6 is 11.6 Å². The topological polar surface area (TPSA) is 44.1 Å². The van der Waals surface area contributed by atoms with Crippen LogP contribution in [0.25, 0.3) is 22.0 Å². The Bertz CT molecular complexity index is 953. The van der Waals surface area contributed by atoms with E-state index in [1.165, 1.54) is 13.2 Å². The molecule has 2 heterocycles. The zero-order valence-corrected chi connectivity index (χ0v) is 13.4. The van der Waals surface area contributed by atoms with Gasteiger partial charge in [0.15, 0.2) is 0 Å². The van der Waals surface area contributed by atoms with Crippen LogP contribution in [-0.4, -0.2) is 16.7 Å². The van der Waals surface area contributed by atoms with E-state index in [0.717, 1.165) is 0 Å². The molecule has 6 heteroatoms. The second-order valence-corrected chi connectivity index (χ2v) is 5.38. The van der Waals surface area contributed by atoms with Crippen LogP contribution < -0.4 is 10.3 Å². The van der Waals surface area contributed by atoms with E-state index in [-0.39, 0.29) is 16.7 Å². The fraction of sp³-hybridized carbons (Fsp3) is 0.176. The monoisotopic (exact) mass is 332 g/mol. The van der Waals surface area contributed by atoms with Crippen LogP contribution in [0.4, 0.5) is 4.39 Å². The minimum Gasteiger partial charge on any atom is -0.496 e. The van der Waals surface area contributed by atoms with Gasteiger partial charge in [-0.3, -0.25) is 4.79 Å². The lowest BCUT2D eigenvalue weighted by Crippen LogP contribution is -2.22. The number of hydrogen-bond donors (Lipinski definition) is 0. The summed E-state index contributed by atoms with van der Waals surface area (Å²) in [6, 6.07) is 7.72. The Morgan fingerprint density at radius 3 is 2.83 bits per heavy atom. The summed E-state index contributed by atoms with van der Waals surface area (Å²) in [6.07, 6.45) is 1.57. The third-order valence-corrected chi connectivity index (χ3v) is 3.93. The molecule has 0 aliphatic rings. The zero-order chi connectivity index (χ0) is 16.6. The summed E-state index contributed by atoms with van der Waals surface area (Å²) in [5.74, 6) is -0.198. The molecule has 2 aromatic heterocycles. The largest absolute Gasteiger partial charge is 0.496 e. The van der Waals surface area contributed by atoms with Gasteiger partial charge < -0.3 is 9.30 Å². The third-order valence-electron chi connectivity index (χ3n) is 3.73. The Hall–Kier alpha value is -2.40. The quantitative estimate of drug-likeness (QED) is 0.684. The maximum Gasteiger partial charge on any atom is 0.259 e. The molecule has 118 valence electrons. The van der Waals surface area contributed by atoms with Gasteiger partial charge in [-0.05, 0) is 31.2 Å². The molecule has 0 saturated heterocycles. The summed E-state index contributed by atoms with van der Waals surface area (Å²) in [5.41, 5.74) is 0.750. The molecular formula is C17H14ClFN2O2. The Morgan fingerprint density at radius 2 is 2.13 bits per heavy atom. The minimum atomic E-state index is -0.509. The van der Waals surface area contributed by atoms with Crippen LogP contribution in [0.1, 0.15) is 6.92 Å². The van der Waals surface area contributed by atoms with Crippen LogP contribution in [0.3, 0.4) is 0 Å². The Labute approximate surface area is 137 Å². The molecule has 0 atom stereocenters. The first kappa shape index (κ1) is 15.5. The molecule has 0 aliphatic heterocycles. The van der Waals surface area contributed by atoms with Crippen molar-refractivity contribution in [3.8, 4) is 16.9 Å². The molecule has 0 unspecified atom stereocenters. The van der Waals surface area contributed by atoms with E-state index >= 15 is 0 Å². The zero-order valence-electron chi connectivity index (χ0n) is 12.6. The number of benzene rings is 1. The number of aromatic nitrogens is 2. The van der Waals surface area contributed by atoms with E-state index in [2.05, 4.69) is 4.98 Å². The maximum absolute atomic E-state index is 14.3. The number of ether oxygens (including phenoxy) is 1. The van der Waals surface area contributed by atoms with Gasteiger partial charge in [-0.25, -0.2) is 9.37 Å². The molecule has 0 aliphatic carbocycles. The van der Waals surface area contributed by atoms with Gasteiger partial charge in [0.1, 0.15) is 16.7 Å². The average molecular weight is 333 g/mol. The third kappa shape index (κ3) is 2.57. The van der Waals surface area contributed by atoms with Gasteiger partial charge in [0.05, 0.1) is 23.8 Å². The molecule has 0 fully saturated rings. The van der Waals surface area contributed by atoms with Gasteiger partial charge >= 0.3 is 0 Å². The second-order valence-electron chi connectivity index (χ2n) is 4.99. The molecule has 23 heavy (non-hydrogen) atoms. The van der Waals surface area contributed by atoms with Gasteiger partial charge in [0.2, 0.25) is 0 Å². The van der Waals surface area contributed by atoms with Crippen molar-refractivity contribution in [1.29, 1.82) is 0 Å². The average Bonchev–Trinajstić information content (AvgIpc) is 2.54. The number of fused-ring (bicyclic) bond motifs is 1. The van der Waals surface area contributed by atoms with Crippen molar-refractivity contribution < 1.29 is 9.13 Å². The first-order valence-corrected chi connectivity index (χ1v) is 7.46. The van der Waals surface area contributed by atoms with Gasteiger partial charge in [-0.15, -0.1) is 0 Å². The van der Waals surface area contributed by atoms with E-state index in [9.17, 15) is 9.18 Å². The molecule has 0 spiro atoms. The van der Waals surface area contributed by atoms with Crippen molar-refractivity contribution in [3.63, 3.8) is 0 Å². The highest BCUT2D eigenvalue weighted by Crippen LogP contribution is 2.32. The number of halogens is 2. The number of aryl methyl sites for hydroxylation is 1. The highest BCUT2D eigenvalue weighted by Gasteiger charge is 2.18. The maximum atomic E-state index is 14.3. The molecule has 0 N–H and O–H groups in total. The molecule has 3 rings (SSSR count). The van der Waals surface area contributed by atoms with Crippen molar-refractivity contribution in [3.05, 3.63) is 57.9 Å². The smallest absolute Gasteiger partial charge is 0.259 e. The van der Waals surface area contributed by atoms with Crippen LogP contribution in [0, 0.1) is 5.82 Å². The number of nitrogens with zero attached hydrogens (tertiary/aromatic N) is 2. The van der Waals surface area contributed by atoms with E-state index in [1.54, 1.807) is 35.0 Å². The lowest BCUT2D eigenvalue weighted by molar-refractivity contribution is 0.413. The molecule has 0 saturated carbocycles. The lowest BCUT2D eigenvalue weighted by Gasteiger charge is -2.14. The number of rotatable bonds is 3. The summed E-state index contributed by atoms with van der Waals surface area (Å²) in [6.45, 7) is 2.28. The van der Waals surface area contributed by atoms with Crippen LogP contribution in [0.15, 0.2) is 41.3 Å². The Balaban J connectivity index is 2.43. The number of hydrogen-bond acceptors (Lipinski definition) is 3. The van der Waals surface area contributed by atoms with Crippen LogP contribution in [0.2, 0.25) is 5.15 Å². The number of pyridine rings is 2. The first-order chi connectivity index (χ1) is 11.1. The minimum absolute atomic E-state index is 0.152. The second kappa shape index (κ2) is 6.01. The van der Waals surface area contributed by atoms with Crippen LogP contribution in [0.5, 0.6) is 5.75 Å². The lowest BCUT2D eigenvalue weighted by atomic mass is 10.0. The molecule has 4 nitrogen and oxygen atoms in total. The van der Waals surface area contributed by atoms with Gasteiger partial charge in [0.25, 0.3) is 5.56 Å².